The molecule has 0 aromatic carbocycles. The second kappa shape index (κ2) is 22.4. The molecule has 0 aliphatic heterocycles. The normalized spacial score (nSPS) is 11.5. The monoisotopic (exact) mass is 402 g/mol. The van der Waals surface area contributed by atoms with Gasteiger partial charge in [-0.15, -0.1) is 0 Å². The number of phosphoric ester groups is 1. The van der Waals surface area contributed by atoms with E-state index in [1.54, 1.807) is 0 Å². The minimum absolute atomic E-state index is 0. The van der Waals surface area contributed by atoms with Crippen molar-refractivity contribution in [1.29, 1.82) is 0 Å². The molecule has 26 heavy (non-hydrogen) atoms. The Morgan fingerprint density at radius 3 is 1.19 bits per heavy atom. The van der Waals surface area contributed by atoms with Gasteiger partial charge in [0, 0.05) is 0 Å². The van der Waals surface area contributed by atoms with Crippen LogP contribution in [0.5, 0.6) is 0 Å². The molecule has 0 aliphatic carbocycles. The average Bonchev–Trinajstić information content (AvgIpc) is 2.59. The average molecular weight is 403 g/mol. The van der Waals surface area contributed by atoms with Crippen LogP contribution in [0.3, 0.4) is 0 Å². The second-order valence-corrected chi connectivity index (χ2v) is 8.54. The van der Waals surface area contributed by atoms with Crippen LogP contribution in [-0.2, 0) is 13.6 Å². The van der Waals surface area contributed by atoms with E-state index in [0.29, 0.717) is 13.2 Å². The minimum Gasteiger partial charge on any atom is -1.00 e. The van der Waals surface area contributed by atoms with Crippen LogP contribution in [0, 0.1) is 0 Å². The van der Waals surface area contributed by atoms with Crippen molar-refractivity contribution in [2.45, 2.75) is 117 Å². The topological polar surface area (TPSA) is 55.8 Å². The maximum absolute atomic E-state index is 11.7. The van der Waals surface area contributed by atoms with Crippen LogP contribution in [-0.4, -0.2) is 18.1 Å². The van der Waals surface area contributed by atoms with Crippen molar-refractivity contribution in [3.8, 4) is 0 Å². The molecule has 6 heteroatoms. The van der Waals surface area contributed by atoms with Crippen molar-refractivity contribution in [2.24, 2.45) is 0 Å². The van der Waals surface area contributed by atoms with Gasteiger partial charge in [-0.2, -0.15) is 0 Å². The number of rotatable bonds is 20. The summed E-state index contributed by atoms with van der Waals surface area (Å²) in [6, 6.07) is 0. The van der Waals surface area contributed by atoms with Crippen molar-refractivity contribution in [2.75, 3.05) is 13.2 Å². The van der Waals surface area contributed by atoms with Crippen LogP contribution in [0.2, 0.25) is 0 Å². The van der Waals surface area contributed by atoms with Gasteiger partial charge in [0.2, 0.25) is 0 Å². The molecule has 0 atom stereocenters. The largest absolute Gasteiger partial charge is 1.00 e. The van der Waals surface area contributed by atoms with Crippen molar-refractivity contribution in [1.82, 2.24) is 0 Å². The molecule has 0 radical (unpaired) electrons. The van der Waals surface area contributed by atoms with Gasteiger partial charge in [-0.1, -0.05) is 104 Å². The van der Waals surface area contributed by atoms with Crippen molar-refractivity contribution in [3.05, 3.63) is 0 Å². The Balaban J connectivity index is -0.00000288. The van der Waals surface area contributed by atoms with E-state index in [1.807, 2.05) is 0 Å². The third-order valence-electron chi connectivity index (χ3n) is 4.50. The van der Waals surface area contributed by atoms with E-state index in [0.717, 1.165) is 25.7 Å². The smallest absolute Gasteiger partial charge is 1.00 e. The first-order valence-corrected chi connectivity index (χ1v) is 12.2. The molecule has 0 heterocycles. The van der Waals surface area contributed by atoms with Gasteiger partial charge < -0.3 is 6.32 Å². The second-order valence-electron chi connectivity index (χ2n) is 7.08. The minimum atomic E-state index is -3.83. The van der Waals surface area contributed by atoms with Crippen LogP contribution in [0.4, 0.5) is 0 Å². The van der Waals surface area contributed by atoms with Gasteiger partial charge >= 0.3 is 37.4 Å². The molecule has 0 amide bonds. The Kier molecular flexibility index (Phi) is 25.3. The Labute approximate surface area is 186 Å². The molecule has 0 saturated heterocycles. The summed E-state index contributed by atoms with van der Waals surface area (Å²) in [5, 5.41) is 0. The summed E-state index contributed by atoms with van der Waals surface area (Å²) in [5.41, 5.74) is 0. The molecule has 0 aromatic rings. The fourth-order valence-corrected chi connectivity index (χ4v) is 3.66. The summed E-state index contributed by atoms with van der Waals surface area (Å²) in [6.45, 7) is 5.09. The standard InChI is InChI=1S/C20H43O4P.Na.H/c1-3-5-7-9-11-13-15-17-19-23-25(21,22)24-20-18-16-14-12-10-8-6-4-2;;/h3-20H2,1-2H3,(H,21,22);;/q;+1;-1. The Morgan fingerprint density at radius 2 is 0.885 bits per heavy atom. The van der Waals surface area contributed by atoms with E-state index in [2.05, 4.69) is 13.8 Å². The van der Waals surface area contributed by atoms with Crippen molar-refractivity contribution >= 4 is 7.82 Å². The van der Waals surface area contributed by atoms with E-state index in [-0.39, 0.29) is 31.0 Å². The fraction of sp³-hybridized carbons (Fsp3) is 1.00. The Bertz CT molecular complexity index is 296. The molecule has 0 spiro atoms. The number of hydrogen-bond acceptors (Lipinski definition) is 3. The third kappa shape index (κ3) is 23.1. The van der Waals surface area contributed by atoms with E-state index >= 15 is 0 Å². The predicted molar refractivity (Wildman–Crippen MR) is 108 cm³/mol. The van der Waals surface area contributed by atoms with Gasteiger partial charge in [-0.25, -0.2) is 4.57 Å². The maximum Gasteiger partial charge on any atom is 1.00 e. The van der Waals surface area contributed by atoms with Gasteiger partial charge in [0.1, 0.15) is 0 Å². The van der Waals surface area contributed by atoms with Crippen molar-refractivity contribution in [3.63, 3.8) is 0 Å². The first-order chi connectivity index (χ1) is 12.1. The van der Waals surface area contributed by atoms with Gasteiger partial charge in [0.15, 0.2) is 0 Å². The Hall–Kier alpha value is 1.11. The molecule has 0 aromatic heterocycles. The molecular formula is C20H44NaO4P. The molecule has 0 unspecified atom stereocenters. The van der Waals surface area contributed by atoms with E-state index in [4.69, 9.17) is 9.05 Å². The molecule has 1 N–H and O–H groups in total. The predicted octanol–water partition coefficient (Wildman–Crippen LogP) is 4.52. The molecule has 0 rings (SSSR count). The summed E-state index contributed by atoms with van der Waals surface area (Å²) in [4.78, 5) is 9.63. The maximum atomic E-state index is 11.7. The summed E-state index contributed by atoms with van der Waals surface area (Å²) < 4.78 is 21.8. The zero-order valence-corrected chi connectivity index (χ0v) is 20.7. The zero-order chi connectivity index (χ0) is 18.6. The van der Waals surface area contributed by atoms with Crippen LogP contribution in [0.25, 0.3) is 0 Å². The quantitative estimate of drug-likeness (QED) is 0.185. The SMILES string of the molecule is CCCCCCCCCCOP(=O)(O)OCCCCCCCCCC.[H-].[Na+]. The summed E-state index contributed by atoms with van der Waals surface area (Å²) in [7, 11) is -3.83. The van der Waals surface area contributed by atoms with Gasteiger partial charge in [-0.3, -0.25) is 9.05 Å². The molecule has 0 bridgehead atoms. The van der Waals surface area contributed by atoms with Gasteiger partial charge in [-0.05, 0) is 12.8 Å². The van der Waals surface area contributed by atoms with Crippen LogP contribution >= 0.6 is 7.82 Å². The molecule has 0 aliphatic rings. The van der Waals surface area contributed by atoms with Crippen molar-refractivity contribution < 1.29 is 49.5 Å². The summed E-state index contributed by atoms with van der Waals surface area (Å²) >= 11 is 0. The van der Waals surface area contributed by atoms with E-state index < -0.39 is 7.82 Å². The summed E-state index contributed by atoms with van der Waals surface area (Å²) in [6.07, 6.45) is 19.1. The number of hydrogen-bond donors (Lipinski definition) is 1. The van der Waals surface area contributed by atoms with Gasteiger partial charge in [0.25, 0.3) is 0 Å². The van der Waals surface area contributed by atoms with Gasteiger partial charge in [0.05, 0.1) is 13.2 Å². The first-order valence-electron chi connectivity index (χ1n) is 10.7. The molecular weight excluding hydrogens is 358 g/mol. The molecule has 0 saturated carbocycles. The van der Waals surface area contributed by atoms with Crippen LogP contribution < -0.4 is 29.6 Å². The fourth-order valence-electron chi connectivity index (χ4n) is 2.87. The first kappa shape index (κ1) is 29.3. The molecule has 154 valence electrons. The third-order valence-corrected chi connectivity index (χ3v) is 5.52. The molecule has 0 fully saturated rings. The van der Waals surface area contributed by atoms with E-state index in [9.17, 15) is 9.46 Å². The van der Waals surface area contributed by atoms with E-state index in [1.165, 1.54) is 77.0 Å². The summed E-state index contributed by atoms with van der Waals surface area (Å²) in [5.74, 6) is 0. The van der Waals surface area contributed by atoms with Crippen LogP contribution in [0.1, 0.15) is 118 Å². The number of phosphoric acid groups is 1. The molecule has 4 nitrogen and oxygen atoms in total. The number of unbranched alkanes of at least 4 members (excludes halogenated alkanes) is 14. The van der Waals surface area contributed by atoms with Crippen LogP contribution in [0.15, 0.2) is 0 Å². The zero-order valence-electron chi connectivity index (χ0n) is 18.8. The Morgan fingerprint density at radius 1 is 0.615 bits per heavy atom.